The molecule has 0 radical (unpaired) electrons. The van der Waals surface area contributed by atoms with Gasteiger partial charge in [0.25, 0.3) is 0 Å². The van der Waals surface area contributed by atoms with Gasteiger partial charge in [-0.1, -0.05) is 0 Å². The number of thioether (sulfide) groups is 1. The average Bonchev–Trinajstić information content (AvgIpc) is 3.24. The minimum atomic E-state index is 0. The molecule has 2 N–H and O–H groups in total. The Morgan fingerprint density at radius 1 is 1.32 bits per heavy atom. The molecule has 0 heterocycles. The predicted molar refractivity (Wildman–Crippen MR) is 112 cm³/mol. The molecule has 0 aromatic carbocycles. The monoisotopic (exact) mass is 442 g/mol. The lowest BCUT2D eigenvalue weighted by molar-refractivity contribution is 0.215. The van der Waals surface area contributed by atoms with Crippen molar-refractivity contribution in [3.8, 4) is 0 Å². The Bertz CT molecular complexity index is 328. The Morgan fingerprint density at radius 2 is 1.95 bits per heavy atom. The number of hydrogen-bond donors (Lipinski definition) is 2. The van der Waals surface area contributed by atoms with Gasteiger partial charge in [-0.3, -0.25) is 9.89 Å². The van der Waals surface area contributed by atoms with Crippen LogP contribution in [0.4, 0.5) is 0 Å². The van der Waals surface area contributed by atoms with Crippen LogP contribution in [-0.4, -0.2) is 60.1 Å². The molecule has 0 unspecified atom stereocenters. The predicted octanol–water partition coefficient (Wildman–Crippen LogP) is 3.17. The molecular formula is C16H35IN4S. The maximum Gasteiger partial charge on any atom is 0.191 e. The van der Waals surface area contributed by atoms with Gasteiger partial charge in [-0.15, -0.1) is 24.0 Å². The first-order chi connectivity index (χ1) is 9.89. The summed E-state index contributed by atoms with van der Waals surface area (Å²) in [7, 11) is 0. The fraction of sp³-hybridized carbons (Fsp3) is 0.938. The van der Waals surface area contributed by atoms with Crippen LogP contribution in [0.5, 0.6) is 0 Å². The van der Waals surface area contributed by atoms with Crippen LogP contribution < -0.4 is 10.6 Å². The van der Waals surface area contributed by atoms with Crippen molar-refractivity contribution in [2.45, 2.75) is 64.3 Å². The van der Waals surface area contributed by atoms with E-state index in [1.807, 2.05) is 11.8 Å². The summed E-state index contributed by atoms with van der Waals surface area (Å²) in [5.41, 5.74) is 0. The highest BCUT2D eigenvalue weighted by Gasteiger charge is 2.30. The van der Waals surface area contributed by atoms with Gasteiger partial charge in [-0.25, -0.2) is 0 Å². The van der Waals surface area contributed by atoms with E-state index in [1.165, 1.54) is 12.8 Å². The Hall–Kier alpha value is 0.310. The van der Waals surface area contributed by atoms with E-state index in [0.717, 1.165) is 38.2 Å². The number of rotatable bonds is 9. The number of halogens is 1. The van der Waals surface area contributed by atoms with Crippen LogP contribution in [-0.2, 0) is 0 Å². The topological polar surface area (TPSA) is 39.7 Å². The van der Waals surface area contributed by atoms with Gasteiger partial charge >= 0.3 is 0 Å². The molecular weight excluding hydrogens is 407 g/mol. The summed E-state index contributed by atoms with van der Waals surface area (Å²) in [6, 6.07) is 1.45. The van der Waals surface area contributed by atoms with Crippen LogP contribution in [0.25, 0.3) is 0 Å². The summed E-state index contributed by atoms with van der Waals surface area (Å²) >= 11 is 1.86. The lowest BCUT2D eigenvalue weighted by Crippen LogP contribution is -2.44. The van der Waals surface area contributed by atoms with E-state index in [9.17, 15) is 0 Å². The van der Waals surface area contributed by atoms with Gasteiger partial charge in [0.1, 0.15) is 0 Å². The molecule has 0 aromatic rings. The van der Waals surface area contributed by atoms with Gasteiger partial charge in [0.2, 0.25) is 0 Å². The van der Waals surface area contributed by atoms with Crippen LogP contribution in [0.3, 0.4) is 0 Å². The second-order valence-electron chi connectivity index (χ2n) is 6.65. The summed E-state index contributed by atoms with van der Waals surface area (Å²) in [4.78, 5) is 7.31. The van der Waals surface area contributed by atoms with Crippen molar-refractivity contribution in [1.82, 2.24) is 15.5 Å². The molecule has 0 saturated heterocycles. The first-order valence-corrected chi connectivity index (χ1v) is 9.45. The molecule has 0 amide bonds. The van der Waals surface area contributed by atoms with Crippen LogP contribution in [0, 0.1) is 0 Å². The van der Waals surface area contributed by atoms with Crippen LogP contribution >= 0.6 is 35.7 Å². The smallest absolute Gasteiger partial charge is 0.191 e. The molecule has 1 aliphatic carbocycles. The first kappa shape index (κ1) is 22.3. The van der Waals surface area contributed by atoms with Crippen molar-refractivity contribution in [3.63, 3.8) is 0 Å². The quantitative estimate of drug-likeness (QED) is 0.327. The SMILES string of the molecule is CCNC(=NCC(C)(C)SC)NCCN(C(C)C)C1CC1.I. The van der Waals surface area contributed by atoms with E-state index in [4.69, 9.17) is 4.99 Å². The van der Waals surface area contributed by atoms with Gasteiger partial charge in [0.05, 0.1) is 6.54 Å². The fourth-order valence-electron chi connectivity index (χ4n) is 2.25. The van der Waals surface area contributed by atoms with Crippen LogP contribution in [0.15, 0.2) is 4.99 Å². The third-order valence-corrected chi connectivity index (χ3v) is 5.09. The van der Waals surface area contributed by atoms with E-state index >= 15 is 0 Å². The molecule has 0 bridgehead atoms. The first-order valence-electron chi connectivity index (χ1n) is 8.22. The maximum absolute atomic E-state index is 4.71. The van der Waals surface area contributed by atoms with Crippen LogP contribution in [0.2, 0.25) is 0 Å². The summed E-state index contributed by atoms with van der Waals surface area (Å²) in [5.74, 6) is 0.944. The second kappa shape index (κ2) is 11.0. The van der Waals surface area contributed by atoms with Crippen molar-refractivity contribution in [2.75, 3.05) is 32.4 Å². The second-order valence-corrected chi connectivity index (χ2v) is 8.16. The molecule has 4 nitrogen and oxygen atoms in total. The van der Waals surface area contributed by atoms with Gasteiger partial charge < -0.3 is 10.6 Å². The maximum atomic E-state index is 4.71. The average molecular weight is 442 g/mol. The van der Waals surface area contributed by atoms with E-state index in [1.54, 1.807) is 0 Å². The molecule has 132 valence electrons. The zero-order valence-electron chi connectivity index (χ0n) is 15.1. The van der Waals surface area contributed by atoms with Gasteiger partial charge in [-0.05, 0) is 53.7 Å². The van der Waals surface area contributed by atoms with Crippen molar-refractivity contribution in [1.29, 1.82) is 0 Å². The fourth-order valence-corrected chi connectivity index (χ4v) is 2.44. The number of aliphatic imine (C=N–C) groups is 1. The number of hydrogen-bond acceptors (Lipinski definition) is 3. The molecule has 1 rings (SSSR count). The van der Waals surface area contributed by atoms with Crippen molar-refractivity contribution in [3.05, 3.63) is 0 Å². The lowest BCUT2D eigenvalue weighted by Gasteiger charge is -2.27. The summed E-state index contributed by atoms with van der Waals surface area (Å²) in [5, 5.41) is 6.81. The van der Waals surface area contributed by atoms with E-state index in [2.05, 4.69) is 56.4 Å². The minimum absolute atomic E-state index is 0. The standard InChI is InChI=1S/C16H34N4S.HI/c1-7-17-15(19-12-16(4,5)21-6)18-10-11-20(13(2)3)14-8-9-14;/h13-14H,7-12H2,1-6H3,(H2,17,18,19);1H. The van der Waals surface area contributed by atoms with Gasteiger partial charge in [0, 0.05) is 36.5 Å². The van der Waals surface area contributed by atoms with Crippen LogP contribution in [0.1, 0.15) is 47.5 Å². The highest BCUT2D eigenvalue weighted by Crippen LogP contribution is 2.27. The van der Waals surface area contributed by atoms with Gasteiger partial charge in [-0.2, -0.15) is 11.8 Å². The summed E-state index contributed by atoms with van der Waals surface area (Å²) < 4.78 is 0.195. The van der Waals surface area contributed by atoms with E-state index in [-0.39, 0.29) is 28.7 Å². The Kier molecular flexibility index (Phi) is 11.1. The lowest BCUT2D eigenvalue weighted by atomic mass is 10.2. The normalized spacial score (nSPS) is 15.9. The molecule has 1 aliphatic rings. The van der Waals surface area contributed by atoms with Gasteiger partial charge in [0.15, 0.2) is 5.96 Å². The number of nitrogens with one attached hydrogen (secondary N) is 2. The number of guanidine groups is 1. The molecule has 22 heavy (non-hydrogen) atoms. The molecule has 1 saturated carbocycles. The Labute approximate surface area is 158 Å². The molecule has 0 spiro atoms. The third kappa shape index (κ3) is 8.82. The molecule has 0 aromatic heterocycles. The minimum Gasteiger partial charge on any atom is -0.357 e. The Balaban J connectivity index is 0.00000441. The molecule has 1 fully saturated rings. The van der Waals surface area contributed by atoms with Crippen molar-refractivity contribution in [2.24, 2.45) is 4.99 Å². The molecule has 0 aliphatic heterocycles. The zero-order valence-corrected chi connectivity index (χ0v) is 18.3. The zero-order chi connectivity index (χ0) is 15.9. The number of nitrogens with zero attached hydrogens (tertiary/aromatic N) is 2. The molecule has 0 atom stereocenters. The molecule has 6 heteroatoms. The van der Waals surface area contributed by atoms with E-state index < -0.39 is 0 Å². The highest BCUT2D eigenvalue weighted by atomic mass is 127. The van der Waals surface area contributed by atoms with Crippen molar-refractivity contribution < 1.29 is 0 Å². The highest BCUT2D eigenvalue weighted by molar-refractivity contribution is 14.0. The Morgan fingerprint density at radius 3 is 2.41 bits per heavy atom. The third-order valence-electron chi connectivity index (χ3n) is 3.86. The van der Waals surface area contributed by atoms with Crippen molar-refractivity contribution >= 4 is 41.7 Å². The van der Waals surface area contributed by atoms with E-state index in [0.29, 0.717) is 6.04 Å². The summed E-state index contributed by atoms with van der Waals surface area (Å²) in [6.07, 6.45) is 4.88. The largest absolute Gasteiger partial charge is 0.357 e. The summed E-state index contributed by atoms with van der Waals surface area (Å²) in [6.45, 7) is 15.0.